The monoisotopic (exact) mass is 290 g/mol. The third-order valence-electron chi connectivity index (χ3n) is 3.35. The lowest BCUT2D eigenvalue weighted by molar-refractivity contribution is -0.136. The molecule has 1 aliphatic rings. The average Bonchev–Trinajstić information content (AvgIpc) is 2.38. The lowest BCUT2D eigenvalue weighted by atomic mass is 9.92. The van der Waals surface area contributed by atoms with Crippen molar-refractivity contribution in [1.29, 1.82) is 0 Å². The van der Waals surface area contributed by atoms with Crippen LogP contribution in [0.2, 0.25) is 0 Å². The molecule has 1 aromatic rings. The number of ether oxygens (including phenoxy) is 1. The highest BCUT2D eigenvalue weighted by Gasteiger charge is 2.42. The van der Waals surface area contributed by atoms with Crippen molar-refractivity contribution in [2.24, 2.45) is 11.8 Å². The van der Waals surface area contributed by atoms with Gasteiger partial charge in [0, 0.05) is 7.11 Å². The van der Waals surface area contributed by atoms with E-state index >= 15 is 0 Å². The van der Waals surface area contributed by atoms with Gasteiger partial charge in [0.25, 0.3) is 0 Å². The Morgan fingerprint density at radius 1 is 1.29 bits per heavy atom. The smallest absolute Gasteiger partial charge is 0.335 e. The first-order chi connectivity index (χ1) is 9.95. The number of anilines is 1. The van der Waals surface area contributed by atoms with Crippen molar-refractivity contribution in [2.75, 3.05) is 12.0 Å². The second kappa shape index (κ2) is 6.05. The summed E-state index contributed by atoms with van der Waals surface area (Å²) in [6, 6.07) is 6.23. The van der Waals surface area contributed by atoms with E-state index in [9.17, 15) is 14.4 Å². The first-order valence-electron chi connectivity index (χ1n) is 6.72. The number of imide groups is 2. The van der Waals surface area contributed by atoms with E-state index < -0.39 is 23.8 Å². The summed E-state index contributed by atoms with van der Waals surface area (Å²) in [4.78, 5) is 37.3. The van der Waals surface area contributed by atoms with Crippen molar-refractivity contribution in [3.05, 3.63) is 29.8 Å². The predicted molar refractivity (Wildman–Crippen MR) is 76.5 cm³/mol. The fraction of sp³-hybridized carbons (Fsp3) is 0.400. The van der Waals surface area contributed by atoms with Gasteiger partial charge in [-0.1, -0.05) is 26.0 Å². The minimum absolute atomic E-state index is 0.185. The van der Waals surface area contributed by atoms with E-state index in [2.05, 4.69) is 5.32 Å². The van der Waals surface area contributed by atoms with Crippen molar-refractivity contribution in [1.82, 2.24) is 5.32 Å². The summed E-state index contributed by atoms with van der Waals surface area (Å²) >= 11 is 0. The Morgan fingerprint density at radius 2 is 2.00 bits per heavy atom. The van der Waals surface area contributed by atoms with E-state index in [1.807, 2.05) is 6.07 Å². The molecule has 1 aliphatic heterocycles. The molecular formula is C15H18N2O4. The molecule has 1 heterocycles. The molecule has 112 valence electrons. The first-order valence-corrected chi connectivity index (χ1v) is 6.72. The Bertz CT molecular complexity index is 583. The number of nitrogens with one attached hydrogen (secondary N) is 1. The molecule has 6 heteroatoms. The van der Waals surface area contributed by atoms with Crippen molar-refractivity contribution in [3.63, 3.8) is 0 Å². The Kier molecular flexibility index (Phi) is 4.37. The van der Waals surface area contributed by atoms with Crippen LogP contribution in [0.1, 0.15) is 19.4 Å². The maximum Gasteiger partial charge on any atom is 0.335 e. The van der Waals surface area contributed by atoms with E-state index in [0.29, 0.717) is 12.3 Å². The van der Waals surface area contributed by atoms with Crippen LogP contribution in [0.25, 0.3) is 0 Å². The molecule has 2 rings (SSSR count). The number of carbonyl (C=O) groups is 3. The first kappa shape index (κ1) is 15.2. The van der Waals surface area contributed by atoms with E-state index in [1.54, 1.807) is 39.2 Å². The lowest BCUT2D eigenvalue weighted by Crippen LogP contribution is -2.59. The van der Waals surface area contributed by atoms with Gasteiger partial charge in [-0.3, -0.25) is 14.9 Å². The maximum absolute atomic E-state index is 12.5. The average molecular weight is 290 g/mol. The molecule has 1 unspecified atom stereocenters. The van der Waals surface area contributed by atoms with Gasteiger partial charge in [0.2, 0.25) is 11.8 Å². The standard InChI is InChI=1S/C15H18N2O4/c1-9(2)12-13(18)16-15(20)17(14(12)19)11-6-4-5-10(7-11)8-21-3/h4-7,9,12H,8H2,1-3H3,(H,16,18,20). The summed E-state index contributed by atoms with van der Waals surface area (Å²) in [6.45, 7) is 3.93. The SMILES string of the molecule is COCc1cccc(N2C(=O)NC(=O)C(C(C)C)C2=O)c1. The fourth-order valence-electron chi connectivity index (χ4n) is 2.37. The van der Waals surface area contributed by atoms with Gasteiger partial charge in [-0.05, 0) is 23.6 Å². The molecule has 4 amide bonds. The molecule has 0 bridgehead atoms. The van der Waals surface area contributed by atoms with Crippen molar-refractivity contribution in [2.45, 2.75) is 20.5 Å². The number of nitrogens with zero attached hydrogens (tertiary/aromatic N) is 1. The normalized spacial score (nSPS) is 19.1. The molecule has 0 aromatic heterocycles. The van der Waals surface area contributed by atoms with Gasteiger partial charge in [-0.25, -0.2) is 9.69 Å². The molecule has 0 radical (unpaired) electrons. The zero-order valence-electron chi connectivity index (χ0n) is 12.3. The van der Waals surface area contributed by atoms with Gasteiger partial charge < -0.3 is 4.74 Å². The zero-order chi connectivity index (χ0) is 15.6. The highest BCUT2D eigenvalue weighted by atomic mass is 16.5. The number of amides is 4. The number of carbonyl (C=O) groups excluding carboxylic acids is 3. The fourth-order valence-corrected chi connectivity index (χ4v) is 2.37. The molecule has 0 spiro atoms. The molecular weight excluding hydrogens is 272 g/mol. The van der Waals surface area contributed by atoms with Crippen molar-refractivity contribution in [3.8, 4) is 0 Å². The van der Waals surface area contributed by atoms with Crippen LogP contribution < -0.4 is 10.2 Å². The van der Waals surface area contributed by atoms with Crippen LogP contribution in [0.15, 0.2) is 24.3 Å². The van der Waals surface area contributed by atoms with Gasteiger partial charge in [-0.15, -0.1) is 0 Å². The zero-order valence-corrected chi connectivity index (χ0v) is 12.3. The second-order valence-corrected chi connectivity index (χ2v) is 5.29. The third-order valence-corrected chi connectivity index (χ3v) is 3.35. The topological polar surface area (TPSA) is 75.7 Å². The predicted octanol–water partition coefficient (Wildman–Crippen LogP) is 1.69. The molecule has 1 fully saturated rings. The van der Waals surface area contributed by atoms with E-state index in [0.717, 1.165) is 10.5 Å². The van der Waals surface area contributed by atoms with Gasteiger partial charge in [0.1, 0.15) is 5.92 Å². The molecule has 6 nitrogen and oxygen atoms in total. The van der Waals surface area contributed by atoms with Crippen molar-refractivity contribution < 1.29 is 19.1 Å². The summed E-state index contributed by atoms with van der Waals surface area (Å²) in [5.74, 6) is -2.07. The Morgan fingerprint density at radius 3 is 2.62 bits per heavy atom. The Hall–Kier alpha value is -2.21. The van der Waals surface area contributed by atoms with Crippen LogP contribution >= 0.6 is 0 Å². The van der Waals surface area contributed by atoms with Crippen molar-refractivity contribution >= 4 is 23.5 Å². The van der Waals surface area contributed by atoms with Crippen LogP contribution in [0.4, 0.5) is 10.5 Å². The molecule has 21 heavy (non-hydrogen) atoms. The van der Waals surface area contributed by atoms with Gasteiger partial charge in [0.05, 0.1) is 12.3 Å². The van der Waals surface area contributed by atoms with Crippen LogP contribution in [0, 0.1) is 11.8 Å². The maximum atomic E-state index is 12.5. The van der Waals surface area contributed by atoms with E-state index in [4.69, 9.17) is 4.74 Å². The number of barbiturate groups is 1. The number of methoxy groups -OCH3 is 1. The molecule has 1 atom stereocenters. The van der Waals surface area contributed by atoms with Crippen LogP contribution in [-0.4, -0.2) is 25.0 Å². The summed E-state index contributed by atoms with van der Waals surface area (Å²) < 4.78 is 5.04. The van der Waals surface area contributed by atoms with Gasteiger partial charge in [0.15, 0.2) is 0 Å². The summed E-state index contributed by atoms with van der Waals surface area (Å²) in [5.41, 5.74) is 1.28. The Labute approximate surface area is 123 Å². The van der Waals surface area contributed by atoms with Gasteiger partial charge in [-0.2, -0.15) is 0 Å². The molecule has 1 N–H and O–H groups in total. The highest BCUT2D eigenvalue weighted by Crippen LogP contribution is 2.25. The van der Waals surface area contributed by atoms with E-state index in [1.165, 1.54) is 0 Å². The number of urea groups is 1. The molecule has 1 saturated heterocycles. The third kappa shape index (κ3) is 2.95. The largest absolute Gasteiger partial charge is 0.380 e. The summed E-state index contributed by atoms with van der Waals surface area (Å²) in [6.07, 6.45) is 0. The number of benzene rings is 1. The lowest BCUT2D eigenvalue weighted by Gasteiger charge is -2.32. The number of hydrogen-bond acceptors (Lipinski definition) is 4. The van der Waals surface area contributed by atoms with E-state index in [-0.39, 0.29) is 5.92 Å². The second-order valence-electron chi connectivity index (χ2n) is 5.29. The summed E-state index contributed by atoms with van der Waals surface area (Å²) in [5, 5.41) is 2.24. The Balaban J connectivity index is 2.37. The minimum atomic E-state index is -0.853. The van der Waals surface area contributed by atoms with Crippen LogP contribution in [0.5, 0.6) is 0 Å². The molecule has 1 aromatic carbocycles. The molecule has 0 saturated carbocycles. The summed E-state index contributed by atoms with van der Waals surface area (Å²) in [7, 11) is 1.57. The highest BCUT2D eigenvalue weighted by molar-refractivity contribution is 6.27. The number of rotatable bonds is 4. The van der Waals surface area contributed by atoms with Crippen LogP contribution in [-0.2, 0) is 20.9 Å². The number of hydrogen-bond donors (Lipinski definition) is 1. The molecule has 0 aliphatic carbocycles. The quantitative estimate of drug-likeness (QED) is 0.856. The van der Waals surface area contributed by atoms with Gasteiger partial charge >= 0.3 is 6.03 Å². The minimum Gasteiger partial charge on any atom is -0.380 e. The van der Waals surface area contributed by atoms with Crippen LogP contribution in [0.3, 0.4) is 0 Å².